The molecule has 2 N–H and O–H groups in total. The maximum absolute atomic E-state index is 12.1. The summed E-state index contributed by atoms with van der Waals surface area (Å²) in [5, 5.41) is 6.67. The molecular formula is C22H22N4O2. The van der Waals surface area contributed by atoms with Gasteiger partial charge in [0.1, 0.15) is 0 Å². The average Bonchev–Trinajstić information content (AvgIpc) is 3.27. The van der Waals surface area contributed by atoms with Crippen LogP contribution in [0.3, 0.4) is 0 Å². The molecule has 28 heavy (non-hydrogen) atoms. The van der Waals surface area contributed by atoms with E-state index >= 15 is 0 Å². The third kappa shape index (κ3) is 4.54. The Balaban J connectivity index is 1.62. The summed E-state index contributed by atoms with van der Waals surface area (Å²) in [6.45, 7) is 3.76. The average molecular weight is 374 g/mol. The van der Waals surface area contributed by atoms with Gasteiger partial charge in [-0.25, -0.2) is 5.43 Å². The van der Waals surface area contributed by atoms with Crippen molar-refractivity contribution in [1.29, 1.82) is 0 Å². The fraction of sp³-hybridized carbons (Fsp3) is 0.136. The molecule has 0 saturated carbocycles. The Labute approximate surface area is 163 Å². The fourth-order valence-electron chi connectivity index (χ4n) is 2.76. The number of aromatic nitrogens is 1. The van der Waals surface area contributed by atoms with Gasteiger partial charge in [-0.05, 0) is 54.8 Å². The van der Waals surface area contributed by atoms with Gasteiger partial charge in [0.15, 0.2) is 0 Å². The molecule has 0 unspecified atom stereocenters. The number of hydrogen-bond donors (Lipinski definition) is 2. The van der Waals surface area contributed by atoms with Gasteiger partial charge in [-0.1, -0.05) is 37.3 Å². The van der Waals surface area contributed by atoms with E-state index in [0.29, 0.717) is 11.4 Å². The second kappa shape index (κ2) is 8.81. The van der Waals surface area contributed by atoms with Crippen LogP contribution in [-0.4, -0.2) is 22.1 Å². The maximum Gasteiger partial charge on any atom is 0.329 e. The van der Waals surface area contributed by atoms with E-state index in [1.54, 1.807) is 13.0 Å². The molecule has 142 valence electrons. The number of rotatable bonds is 5. The number of benzene rings is 2. The lowest BCUT2D eigenvalue weighted by molar-refractivity contribution is -0.136. The minimum Gasteiger partial charge on any atom is -0.324 e. The molecule has 3 aromatic rings. The predicted molar refractivity (Wildman–Crippen MR) is 111 cm³/mol. The van der Waals surface area contributed by atoms with Gasteiger partial charge in [-0.2, -0.15) is 5.10 Å². The Bertz CT molecular complexity index is 990. The predicted octanol–water partition coefficient (Wildman–Crippen LogP) is 3.52. The first-order valence-electron chi connectivity index (χ1n) is 9.05. The van der Waals surface area contributed by atoms with Gasteiger partial charge in [-0.3, -0.25) is 9.59 Å². The monoisotopic (exact) mass is 374 g/mol. The second-order valence-electron chi connectivity index (χ2n) is 6.24. The maximum atomic E-state index is 12.1. The Morgan fingerprint density at radius 1 is 0.929 bits per heavy atom. The fourth-order valence-corrected chi connectivity index (χ4v) is 2.76. The van der Waals surface area contributed by atoms with Gasteiger partial charge in [0.2, 0.25) is 0 Å². The minimum atomic E-state index is -0.811. The summed E-state index contributed by atoms with van der Waals surface area (Å²) in [6.07, 6.45) is 4.69. The van der Waals surface area contributed by atoms with Gasteiger partial charge in [0, 0.05) is 23.8 Å². The zero-order valence-corrected chi connectivity index (χ0v) is 15.8. The summed E-state index contributed by atoms with van der Waals surface area (Å²) in [6, 6.07) is 19.1. The number of carbonyl (C=O) groups is 2. The molecule has 6 nitrogen and oxygen atoms in total. The number of hydrogen-bond acceptors (Lipinski definition) is 3. The Morgan fingerprint density at radius 2 is 1.61 bits per heavy atom. The number of nitrogens with one attached hydrogen (secondary N) is 2. The number of hydrazone groups is 1. The Hall–Kier alpha value is -3.67. The van der Waals surface area contributed by atoms with Crippen molar-refractivity contribution in [2.24, 2.45) is 5.10 Å². The number of carbonyl (C=O) groups excluding carboxylic acids is 2. The van der Waals surface area contributed by atoms with E-state index < -0.39 is 11.8 Å². The summed E-state index contributed by atoms with van der Waals surface area (Å²) in [4.78, 5) is 24.2. The van der Waals surface area contributed by atoms with E-state index in [4.69, 9.17) is 0 Å². The Kier molecular flexibility index (Phi) is 6.01. The molecule has 0 bridgehead atoms. The van der Waals surface area contributed by atoms with E-state index in [0.717, 1.165) is 23.2 Å². The zero-order chi connectivity index (χ0) is 19.9. The number of nitrogens with zero attached hydrogens (tertiary/aromatic N) is 2. The molecule has 6 heteroatoms. The minimum absolute atomic E-state index is 0.606. The van der Waals surface area contributed by atoms with Crippen LogP contribution in [-0.2, 0) is 16.0 Å². The molecule has 3 rings (SSSR count). The van der Waals surface area contributed by atoms with Gasteiger partial charge >= 0.3 is 11.8 Å². The molecule has 0 aliphatic heterocycles. The molecule has 0 atom stereocenters. The van der Waals surface area contributed by atoms with Gasteiger partial charge in [-0.15, -0.1) is 0 Å². The molecule has 2 aromatic carbocycles. The molecule has 0 spiro atoms. The standard InChI is InChI=1S/C22H22N4O2/c1-3-17-8-4-5-9-20(17)23-21(27)22(28)25-24-16(2)18-10-12-19(13-11-18)26-14-6-7-15-26/h4-15H,3H2,1-2H3,(H,23,27)(H,25,28)/b24-16+. The van der Waals surface area contributed by atoms with Crippen LogP contribution >= 0.6 is 0 Å². The molecule has 2 amide bonds. The van der Waals surface area contributed by atoms with E-state index in [1.807, 2.05) is 78.5 Å². The molecule has 0 aliphatic rings. The normalized spacial score (nSPS) is 11.1. The van der Waals surface area contributed by atoms with Gasteiger partial charge in [0.05, 0.1) is 5.71 Å². The third-order valence-corrected chi connectivity index (χ3v) is 4.37. The van der Waals surface area contributed by atoms with E-state index in [-0.39, 0.29) is 0 Å². The zero-order valence-electron chi connectivity index (χ0n) is 15.8. The summed E-state index contributed by atoms with van der Waals surface area (Å²) in [5.74, 6) is -1.56. The lowest BCUT2D eigenvalue weighted by Gasteiger charge is -2.09. The smallest absolute Gasteiger partial charge is 0.324 e. The van der Waals surface area contributed by atoms with Crippen LogP contribution in [0.15, 0.2) is 78.2 Å². The highest BCUT2D eigenvalue weighted by atomic mass is 16.2. The largest absolute Gasteiger partial charge is 0.329 e. The number of para-hydroxylation sites is 1. The van der Waals surface area contributed by atoms with Crippen LogP contribution < -0.4 is 10.7 Å². The molecule has 1 aromatic heterocycles. The number of amides is 2. The lowest BCUT2D eigenvalue weighted by atomic mass is 10.1. The van der Waals surface area contributed by atoms with Crippen molar-refractivity contribution < 1.29 is 9.59 Å². The van der Waals surface area contributed by atoms with E-state index in [9.17, 15) is 9.59 Å². The topological polar surface area (TPSA) is 75.5 Å². The quantitative estimate of drug-likeness (QED) is 0.407. The first kappa shape index (κ1) is 19.1. The van der Waals surface area contributed by atoms with Gasteiger partial charge < -0.3 is 9.88 Å². The highest BCUT2D eigenvalue weighted by molar-refractivity contribution is 6.39. The molecule has 0 radical (unpaired) electrons. The van der Waals surface area contributed by atoms with Crippen LogP contribution in [0.5, 0.6) is 0 Å². The van der Waals surface area contributed by atoms with Crippen LogP contribution in [0.1, 0.15) is 25.0 Å². The molecule has 0 aliphatic carbocycles. The highest BCUT2D eigenvalue weighted by Gasteiger charge is 2.14. The van der Waals surface area contributed by atoms with Crippen molar-refractivity contribution >= 4 is 23.2 Å². The summed E-state index contributed by atoms with van der Waals surface area (Å²) in [5.41, 5.74) is 6.39. The molecular weight excluding hydrogens is 352 g/mol. The lowest BCUT2D eigenvalue weighted by Crippen LogP contribution is -2.33. The van der Waals surface area contributed by atoms with E-state index in [1.165, 1.54) is 0 Å². The summed E-state index contributed by atoms with van der Waals surface area (Å²) < 4.78 is 2.00. The van der Waals surface area contributed by atoms with Crippen molar-refractivity contribution in [2.75, 3.05) is 5.32 Å². The number of anilines is 1. The summed E-state index contributed by atoms with van der Waals surface area (Å²) >= 11 is 0. The van der Waals surface area contributed by atoms with Gasteiger partial charge in [0.25, 0.3) is 0 Å². The third-order valence-electron chi connectivity index (χ3n) is 4.37. The van der Waals surface area contributed by atoms with Crippen molar-refractivity contribution in [3.63, 3.8) is 0 Å². The van der Waals surface area contributed by atoms with Crippen molar-refractivity contribution in [2.45, 2.75) is 20.3 Å². The number of aryl methyl sites for hydroxylation is 1. The molecule has 0 fully saturated rings. The second-order valence-corrected chi connectivity index (χ2v) is 6.24. The highest BCUT2D eigenvalue weighted by Crippen LogP contribution is 2.15. The SMILES string of the molecule is CCc1ccccc1NC(=O)C(=O)N/N=C(\C)c1ccc(-n2cccc2)cc1. The van der Waals surface area contributed by atoms with Crippen molar-refractivity contribution in [3.8, 4) is 5.69 Å². The van der Waals surface area contributed by atoms with Crippen LogP contribution in [0.2, 0.25) is 0 Å². The first-order chi connectivity index (χ1) is 13.6. The van der Waals surface area contributed by atoms with Crippen LogP contribution in [0.25, 0.3) is 5.69 Å². The van der Waals surface area contributed by atoms with Crippen molar-refractivity contribution in [3.05, 3.63) is 84.2 Å². The molecule has 1 heterocycles. The van der Waals surface area contributed by atoms with Crippen molar-refractivity contribution in [1.82, 2.24) is 9.99 Å². The van der Waals surface area contributed by atoms with Crippen LogP contribution in [0.4, 0.5) is 5.69 Å². The van der Waals surface area contributed by atoms with Crippen LogP contribution in [0, 0.1) is 0 Å². The van der Waals surface area contributed by atoms with E-state index in [2.05, 4.69) is 15.8 Å². The summed E-state index contributed by atoms with van der Waals surface area (Å²) in [7, 11) is 0. The molecule has 0 saturated heterocycles. The first-order valence-corrected chi connectivity index (χ1v) is 9.05. The Morgan fingerprint density at radius 3 is 2.29 bits per heavy atom.